The monoisotopic (exact) mass is 550 g/mol. The van der Waals surface area contributed by atoms with Crippen molar-refractivity contribution in [2.24, 2.45) is 0 Å². The van der Waals surface area contributed by atoms with Gasteiger partial charge in [0.1, 0.15) is 22.1 Å². The summed E-state index contributed by atoms with van der Waals surface area (Å²) in [6.45, 7) is 4.28. The van der Waals surface area contributed by atoms with Crippen LogP contribution >= 0.6 is 23.1 Å². The largest absolute Gasteiger partial charge is 0.497 e. The van der Waals surface area contributed by atoms with E-state index in [1.165, 1.54) is 30.2 Å². The quantitative estimate of drug-likeness (QED) is 0.151. The number of nitrogens with zero attached hydrogens (tertiary/aromatic N) is 3. The van der Waals surface area contributed by atoms with Gasteiger partial charge in [0.25, 0.3) is 0 Å². The molecule has 9 nitrogen and oxygen atoms in total. The molecule has 0 unspecified atom stereocenters. The summed E-state index contributed by atoms with van der Waals surface area (Å²) in [7, 11) is 4.50. The van der Waals surface area contributed by atoms with Gasteiger partial charge in [-0.1, -0.05) is 42.1 Å². The molecule has 196 valence electrons. The lowest BCUT2D eigenvalue weighted by molar-refractivity contribution is -0.113. The summed E-state index contributed by atoms with van der Waals surface area (Å²) in [6.07, 6.45) is 1.74. The minimum Gasteiger partial charge on any atom is -0.497 e. The average molecular weight is 551 g/mol. The van der Waals surface area contributed by atoms with Gasteiger partial charge in [-0.3, -0.25) is 9.36 Å². The van der Waals surface area contributed by atoms with Crippen LogP contribution < -0.4 is 14.8 Å². The smallest absolute Gasteiger partial charge is 0.341 e. The summed E-state index contributed by atoms with van der Waals surface area (Å²) in [5, 5.41) is 14.3. The molecule has 0 aliphatic rings. The number of benzene rings is 2. The van der Waals surface area contributed by atoms with E-state index in [-0.39, 0.29) is 11.7 Å². The topological polar surface area (TPSA) is 105 Å². The van der Waals surface area contributed by atoms with Gasteiger partial charge in [-0.05, 0) is 29.8 Å². The minimum absolute atomic E-state index is 0.0532. The Kier molecular flexibility index (Phi) is 8.82. The van der Waals surface area contributed by atoms with Crippen LogP contribution in [0.15, 0.2) is 71.7 Å². The predicted molar refractivity (Wildman–Crippen MR) is 149 cm³/mol. The van der Waals surface area contributed by atoms with Gasteiger partial charge in [-0.2, -0.15) is 0 Å². The molecule has 0 aliphatic heterocycles. The summed E-state index contributed by atoms with van der Waals surface area (Å²) in [5.74, 6) is 1.20. The van der Waals surface area contributed by atoms with Gasteiger partial charge in [0.2, 0.25) is 5.91 Å². The van der Waals surface area contributed by atoms with Crippen molar-refractivity contribution in [1.29, 1.82) is 0 Å². The number of thioether (sulfide) groups is 1. The zero-order valence-electron chi connectivity index (χ0n) is 21.1. The van der Waals surface area contributed by atoms with Crippen molar-refractivity contribution in [3.05, 3.63) is 72.1 Å². The van der Waals surface area contributed by atoms with Gasteiger partial charge in [-0.25, -0.2) is 4.79 Å². The normalized spacial score (nSPS) is 10.6. The van der Waals surface area contributed by atoms with Gasteiger partial charge in [0.15, 0.2) is 11.0 Å². The number of esters is 1. The van der Waals surface area contributed by atoms with E-state index in [1.807, 2.05) is 58.5 Å². The maximum absolute atomic E-state index is 12.9. The number of para-hydroxylation sites is 1. The van der Waals surface area contributed by atoms with Crippen LogP contribution in [0.1, 0.15) is 10.4 Å². The van der Waals surface area contributed by atoms with Crippen LogP contribution in [-0.4, -0.2) is 53.7 Å². The summed E-state index contributed by atoms with van der Waals surface area (Å²) >= 11 is 2.49. The van der Waals surface area contributed by atoms with Crippen LogP contribution in [0.3, 0.4) is 0 Å². The fourth-order valence-corrected chi connectivity index (χ4v) is 5.47. The first-order valence-electron chi connectivity index (χ1n) is 11.4. The van der Waals surface area contributed by atoms with Gasteiger partial charge in [0, 0.05) is 17.5 Å². The molecular weight excluding hydrogens is 524 g/mol. The third kappa shape index (κ3) is 5.74. The Balaban J connectivity index is 1.53. The number of hydrogen-bond donors (Lipinski definition) is 1. The molecule has 0 radical (unpaired) electrons. The lowest BCUT2D eigenvalue weighted by atomic mass is 10.0. The first-order valence-corrected chi connectivity index (χ1v) is 13.3. The number of ether oxygens (including phenoxy) is 3. The minimum atomic E-state index is -0.535. The van der Waals surface area contributed by atoms with Gasteiger partial charge in [0.05, 0.1) is 32.6 Å². The van der Waals surface area contributed by atoms with E-state index >= 15 is 0 Å². The number of methoxy groups -OCH3 is 3. The summed E-state index contributed by atoms with van der Waals surface area (Å²) in [5.41, 5.74) is 2.56. The molecular formula is C27H26N4O5S2. The van der Waals surface area contributed by atoms with Crippen LogP contribution in [0, 0.1) is 0 Å². The van der Waals surface area contributed by atoms with Crippen LogP contribution in [0.25, 0.3) is 22.5 Å². The number of rotatable bonds is 11. The first-order chi connectivity index (χ1) is 18.5. The summed E-state index contributed by atoms with van der Waals surface area (Å²) in [4.78, 5) is 25.6. The summed E-state index contributed by atoms with van der Waals surface area (Å²) in [6, 6.07) is 14.8. The number of nitrogens with one attached hydrogen (secondary N) is 1. The Morgan fingerprint density at radius 2 is 1.82 bits per heavy atom. The first kappa shape index (κ1) is 27.0. The van der Waals surface area contributed by atoms with E-state index < -0.39 is 5.97 Å². The lowest BCUT2D eigenvalue weighted by Gasteiger charge is -2.11. The van der Waals surface area contributed by atoms with E-state index in [0.29, 0.717) is 45.2 Å². The number of carbonyl (C=O) groups is 2. The predicted octanol–water partition coefficient (Wildman–Crippen LogP) is 5.39. The second-order valence-electron chi connectivity index (χ2n) is 7.82. The number of hydrogen-bond acceptors (Lipinski definition) is 9. The van der Waals surface area contributed by atoms with Gasteiger partial charge >= 0.3 is 5.97 Å². The Morgan fingerprint density at radius 1 is 1.05 bits per heavy atom. The number of carbonyl (C=O) groups excluding carboxylic acids is 2. The highest BCUT2D eigenvalue weighted by molar-refractivity contribution is 7.99. The van der Waals surface area contributed by atoms with Crippen molar-refractivity contribution in [2.75, 3.05) is 32.4 Å². The number of anilines is 1. The van der Waals surface area contributed by atoms with E-state index in [9.17, 15) is 9.59 Å². The number of amides is 1. The SMILES string of the molecule is C=CCn1c(SCC(=O)Nc2scc(-c3ccc(OC)cc3)c2C(=O)OC)nnc1-c1ccccc1OC. The third-order valence-corrected chi connectivity index (χ3v) is 7.41. The fraction of sp³-hybridized carbons (Fsp3) is 0.185. The van der Waals surface area contributed by atoms with Crippen LogP contribution in [0.5, 0.6) is 11.5 Å². The highest BCUT2D eigenvalue weighted by atomic mass is 32.2. The van der Waals surface area contributed by atoms with E-state index in [0.717, 1.165) is 11.1 Å². The fourth-order valence-electron chi connectivity index (χ4n) is 3.75. The molecule has 0 fully saturated rings. The lowest BCUT2D eigenvalue weighted by Crippen LogP contribution is -2.16. The van der Waals surface area contributed by atoms with Crippen LogP contribution in [-0.2, 0) is 16.1 Å². The van der Waals surface area contributed by atoms with Crippen molar-refractivity contribution in [1.82, 2.24) is 14.8 Å². The maximum atomic E-state index is 12.9. The molecule has 0 saturated heterocycles. The van der Waals surface area contributed by atoms with Crippen LogP contribution in [0.4, 0.5) is 5.00 Å². The molecule has 1 amide bonds. The number of thiophene rings is 1. The highest BCUT2D eigenvalue weighted by Crippen LogP contribution is 2.37. The molecule has 2 aromatic heterocycles. The van der Waals surface area contributed by atoms with Crippen molar-refractivity contribution >= 4 is 40.0 Å². The Morgan fingerprint density at radius 3 is 2.50 bits per heavy atom. The molecule has 11 heteroatoms. The van der Waals surface area contributed by atoms with Crippen molar-refractivity contribution in [2.45, 2.75) is 11.7 Å². The molecule has 2 aromatic carbocycles. The molecule has 2 heterocycles. The third-order valence-electron chi connectivity index (χ3n) is 5.54. The van der Waals surface area contributed by atoms with Crippen LogP contribution in [0.2, 0.25) is 0 Å². The second kappa shape index (κ2) is 12.4. The van der Waals surface area contributed by atoms with E-state index in [4.69, 9.17) is 14.2 Å². The summed E-state index contributed by atoms with van der Waals surface area (Å²) < 4.78 is 17.6. The molecule has 0 atom stereocenters. The molecule has 0 bridgehead atoms. The number of allylic oxidation sites excluding steroid dienone is 1. The van der Waals surface area contributed by atoms with Crippen molar-refractivity contribution in [3.8, 4) is 34.0 Å². The highest BCUT2D eigenvalue weighted by Gasteiger charge is 2.23. The molecule has 0 spiro atoms. The van der Waals surface area contributed by atoms with Crippen molar-refractivity contribution in [3.63, 3.8) is 0 Å². The second-order valence-corrected chi connectivity index (χ2v) is 9.64. The maximum Gasteiger partial charge on any atom is 0.341 e. The zero-order valence-corrected chi connectivity index (χ0v) is 22.7. The van der Waals surface area contributed by atoms with E-state index in [2.05, 4.69) is 22.1 Å². The van der Waals surface area contributed by atoms with Crippen molar-refractivity contribution < 1.29 is 23.8 Å². The average Bonchev–Trinajstić information content (AvgIpc) is 3.55. The van der Waals surface area contributed by atoms with Gasteiger partial charge in [-0.15, -0.1) is 28.1 Å². The van der Waals surface area contributed by atoms with Gasteiger partial charge < -0.3 is 19.5 Å². The standard InChI is InChI=1S/C27H26N4O5S2/c1-5-14-31-24(19-8-6-7-9-21(19)35-3)29-30-27(31)38-16-22(32)28-25-23(26(33)36-4)20(15-37-25)17-10-12-18(34-2)13-11-17/h5-13,15H,1,14,16H2,2-4H3,(H,28,32). The van der Waals surface area contributed by atoms with E-state index in [1.54, 1.807) is 20.3 Å². The molecule has 4 rings (SSSR count). The molecule has 38 heavy (non-hydrogen) atoms. The Hall–Kier alpha value is -4.09. The molecule has 0 aliphatic carbocycles. The Bertz CT molecular complexity index is 1450. The molecule has 1 N–H and O–H groups in total. The molecule has 4 aromatic rings. The number of aromatic nitrogens is 3. The Labute approximate surface area is 228 Å². The zero-order chi connectivity index (χ0) is 27.1. The molecule has 0 saturated carbocycles.